The van der Waals surface area contributed by atoms with Crippen molar-refractivity contribution in [1.82, 2.24) is 9.55 Å². The Hall–Kier alpha value is -3.19. The molecule has 1 N–H and O–H groups in total. The number of hydrogen-bond donors (Lipinski definition) is 1. The molecular formula is C23H26N2O5. The lowest BCUT2D eigenvalue weighted by Gasteiger charge is -2.19. The van der Waals surface area contributed by atoms with Crippen LogP contribution in [0.25, 0.3) is 10.9 Å². The van der Waals surface area contributed by atoms with Gasteiger partial charge in [0.25, 0.3) is 5.56 Å². The molecule has 0 saturated heterocycles. The Morgan fingerprint density at radius 1 is 1.17 bits per heavy atom. The molecule has 0 aliphatic heterocycles. The predicted molar refractivity (Wildman–Crippen MR) is 114 cm³/mol. The molecule has 3 rings (SSSR count). The molecule has 0 amide bonds. The number of aliphatic carboxylic acids is 1. The number of benzene rings is 2. The average molecular weight is 410 g/mol. The monoisotopic (exact) mass is 410 g/mol. The van der Waals surface area contributed by atoms with E-state index in [1.807, 2.05) is 32.0 Å². The lowest BCUT2D eigenvalue weighted by atomic mass is 10.1. The zero-order valence-corrected chi connectivity index (χ0v) is 17.4. The number of carbonyl (C=O) groups is 1. The van der Waals surface area contributed by atoms with E-state index in [0.29, 0.717) is 34.6 Å². The van der Waals surface area contributed by atoms with Gasteiger partial charge in [0.05, 0.1) is 23.6 Å². The van der Waals surface area contributed by atoms with E-state index in [0.717, 1.165) is 6.42 Å². The fourth-order valence-electron chi connectivity index (χ4n) is 3.14. The van der Waals surface area contributed by atoms with Crippen LogP contribution in [0.5, 0.6) is 5.75 Å². The first-order valence-corrected chi connectivity index (χ1v) is 9.98. The van der Waals surface area contributed by atoms with Crippen LogP contribution in [0.3, 0.4) is 0 Å². The second-order valence-electron chi connectivity index (χ2n) is 7.12. The van der Waals surface area contributed by atoms with Crippen LogP contribution in [-0.4, -0.2) is 33.3 Å². The van der Waals surface area contributed by atoms with Crippen LogP contribution in [-0.2, 0) is 16.1 Å². The number of carboxylic acids is 1. The van der Waals surface area contributed by atoms with Crippen molar-refractivity contribution in [2.75, 3.05) is 6.61 Å². The van der Waals surface area contributed by atoms with Gasteiger partial charge in [0.2, 0.25) is 0 Å². The Morgan fingerprint density at radius 3 is 2.53 bits per heavy atom. The van der Waals surface area contributed by atoms with E-state index in [2.05, 4.69) is 4.98 Å². The Bertz CT molecular complexity index is 1080. The maximum atomic E-state index is 12.7. The largest absolute Gasteiger partial charge is 0.492 e. The topological polar surface area (TPSA) is 90.7 Å². The van der Waals surface area contributed by atoms with Gasteiger partial charge in [-0.15, -0.1) is 0 Å². The number of aryl methyl sites for hydroxylation is 1. The van der Waals surface area contributed by atoms with E-state index in [4.69, 9.17) is 9.47 Å². The molecule has 3 aromatic rings. The second-order valence-corrected chi connectivity index (χ2v) is 7.12. The summed E-state index contributed by atoms with van der Waals surface area (Å²) in [5, 5.41) is 10.0. The first-order chi connectivity index (χ1) is 14.4. The van der Waals surface area contributed by atoms with E-state index in [9.17, 15) is 14.7 Å². The molecule has 0 aliphatic rings. The molecule has 2 unspecified atom stereocenters. The van der Waals surface area contributed by atoms with Crippen LogP contribution in [0.15, 0.2) is 53.3 Å². The average Bonchev–Trinajstić information content (AvgIpc) is 2.74. The van der Waals surface area contributed by atoms with E-state index < -0.39 is 12.1 Å². The van der Waals surface area contributed by atoms with Crippen molar-refractivity contribution in [3.05, 3.63) is 70.3 Å². The third kappa shape index (κ3) is 4.86. The fourth-order valence-corrected chi connectivity index (χ4v) is 3.14. The van der Waals surface area contributed by atoms with Gasteiger partial charge < -0.3 is 14.6 Å². The lowest BCUT2D eigenvalue weighted by molar-refractivity contribution is -0.154. The highest BCUT2D eigenvalue weighted by Crippen LogP contribution is 2.23. The standard InChI is InChI=1S/C23H26N2O5/c1-4-15(2)30-21(23(27)28)17-9-11-18(12-10-17)29-14-13-25-16(3)24-20-8-6-5-7-19(20)22(25)26/h5-12,15,21H,4,13-14H2,1-3H3,(H,27,28). The summed E-state index contributed by atoms with van der Waals surface area (Å²) in [7, 11) is 0. The van der Waals surface area contributed by atoms with Gasteiger partial charge >= 0.3 is 5.97 Å². The zero-order chi connectivity index (χ0) is 21.7. The van der Waals surface area contributed by atoms with Gasteiger partial charge in [-0.2, -0.15) is 0 Å². The number of hydrogen-bond acceptors (Lipinski definition) is 5. The van der Waals surface area contributed by atoms with E-state index >= 15 is 0 Å². The molecule has 0 radical (unpaired) electrons. The minimum absolute atomic E-state index is 0.0939. The SMILES string of the molecule is CCC(C)OC(C(=O)O)c1ccc(OCCn2c(C)nc3ccccc3c2=O)cc1. The summed E-state index contributed by atoms with van der Waals surface area (Å²) in [6.07, 6.45) is -0.439. The number of ether oxygens (including phenoxy) is 2. The number of carboxylic acid groups (broad SMARTS) is 1. The molecule has 0 aliphatic carbocycles. The molecule has 1 aromatic heterocycles. The summed E-state index contributed by atoms with van der Waals surface area (Å²) in [6.45, 7) is 6.23. The van der Waals surface area contributed by atoms with Crippen LogP contribution < -0.4 is 10.3 Å². The van der Waals surface area contributed by atoms with Crippen LogP contribution >= 0.6 is 0 Å². The first kappa shape index (κ1) is 21.5. The highest BCUT2D eigenvalue weighted by molar-refractivity contribution is 5.77. The smallest absolute Gasteiger partial charge is 0.337 e. The minimum atomic E-state index is -1.03. The Labute approximate surface area is 174 Å². The van der Waals surface area contributed by atoms with Gasteiger partial charge in [0, 0.05) is 0 Å². The molecule has 2 aromatic carbocycles. The molecule has 0 bridgehead atoms. The number of nitrogens with zero attached hydrogens (tertiary/aromatic N) is 2. The first-order valence-electron chi connectivity index (χ1n) is 9.98. The van der Waals surface area contributed by atoms with E-state index in [-0.39, 0.29) is 18.3 Å². The van der Waals surface area contributed by atoms with Gasteiger partial charge in [-0.3, -0.25) is 9.36 Å². The number of fused-ring (bicyclic) bond motifs is 1. The number of para-hydroxylation sites is 1. The van der Waals surface area contributed by atoms with E-state index in [1.54, 1.807) is 41.8 Å². The fraction of sp³-hybridized carbons (Fsp3) is 0.348. The second kappa shape index (κ2) is 9.54. The number of rotatable bonds is 9. The zero-order valence-electron chi connectivity index (χ0n) is 17.4. The molecule has 0 saturated carbocycles. The third-order valence-electron chi connectivity index (χ3n) is 4.99. The third-order valence-corrected chi connectivity index (χ3v) is 4.99. The maximum absolute atomic E-state index is 12.7. The maximum Gasteiger partial charge on any atom is 0.337 e. The normalized spacial score (nSPS) is 13.2. The summed E-state index contributed by atoms with van der Waals surface area (Å²) in [5.74, 6) is 0.192. The highest BCUT2D eigenvalue weighted by Gasteiger charge is 2.22. The van der Waals surface area contributed by atoms with Crippen molar-refractivity contribution in [2.24, 2.45) is 0 Å². The predicted octanol–water partition coefficient (Wildman–Crippen LogP) is 3.72. The molecule has 7 heteroatoms. The molecular weight excluding hydrogens is 384 g/mol. The van der Waals surface area contributed by atoms with Crippen molar-refractivity contribution in [1.29, 1.82) is 0 Å². The van der Waals surface area contributed by atoms with Crippen LogP contribution in [0.2, 0.25) is 0 Å². The summed E-state index contributed by atoms with van der Waals surface area (Å²) < 4.78 is 13.0. The van der Waals surface area contributed by atoms with Crippen molar-refractivity contribution in [3.8, 4) is 5.75 Å². The number of aromatic nitrogens is 2. The molecule has 158 valence electrons. The summed E-state index contributed by atoms with van der Waals surface area (Å²) in [4.78, 5) is 28.7. The molecule has 7 nitrogen and oxygen atoms in total. The van der Waals surface area contributed by atoms with Crippen molar-refractivity contribution in [3.63, 3.8) is 0 Å². The summed E-state index contributed by atoms with van der Waals surface area (Å²) in [6, 6.07) is 14.0. The Morgan fingerprint density at radius 2 is 1.87 bits per heavy atom. The lowest BCUT2D eigenvalue weighted by Crippen LogP contribution is -2.26. The van der Waals surface area contributed by atoms with Crippen molar-refractivity contribution in [2.45, 2.75) is 45.9 Å². The van der Waals surface area contributed by atoms with Gasteiger partial charge in [-0.25, -0.2) is 9.78 Å². The quantitative estimate of drug-likeness (QED) is 0.578. The van der Waals surface area contributed by atoms with Gasteiger partial charge in [-0.05, 0) is 50.1 Å². The summed E-state index contributed by atoms with van der Waals surface area (Å²) >= 11 is 0. The molecule has 1 heterocycles. The molecule has 0 fully saturated rings. The van der Waals surface area contributed by atoms with Crippen molar-refractivity contribution >= 4 is 16.9 Å². The van der Waals surface area contributed by atoms with Crippen molar-refractivity contribution < 1.29 is 19.4 Å². The Kier molecular flexibility index (Phi) is 6.84. The van der Waals surface area contributed by atoms with Crippen LogP contribution in [0.1, 0.15) is 37.8 Å². The van der Waals surface area contributed by atoms with Crippen LogP contribution in [0, 0.1) is 6.92 Å². The van der Waals surface area contributed by atoms with Crippen LogP contribution in [0.4, 0.5) is 0 Å². The molecule has 30 heavy (non-hydrogen) atoms. The Balaban J connectivity index is 1.67. The highest BCUT2D eigenvalue weighted by atomic mass is 16.5. The van der Waals surface area contributed by atoms with Gasteiger partial charge in [-0.1, -0.05) is 31.2 Å². The van der Waals surface area contributed by atoms with Gasteiger partial charge in [0.1, 0.15) is 18.2 Å². The molecule has 2 atom stereocenters. The van der Waals surface area contributed by atoms with E-state index in [1.165, 1.54) is 0 Å². The summed E-state index contributed by atoms with van der Waals surface area (Å²) in [5.41, 5.74) is 1.14. The molecule has 0 spiro atoms. The van der Waals surface area contributed by atoms with Gasteiger partial charge in [0.15, 0.2) is 6.10 Å². The minimum Gasteiger partial charge on any atom is -0.492 e.